The number of carbonyl (C=O) groups is 2. The van der Waals surface area contributed by atoms with E-state index in [9.17, 15) is 9.59 Å². The highest BCUT2D eigenvalue weighted by Crippen LogP contribution is 2.29. The van der Waals surface area contributed by atoms with Gasteiger partial charge in [-0.1, -0.05) is 23.7 Å². The van der Waals surface area contributed by atoms with Gasteiger partial charge in [0.15, 0.2) is 0 Å². The van der Waals surface area contributed by atoms with Gasteiger partial charge in [-0.15, -0.1) is 0 Å². The molecule has 0 saturated carbocycles. The number of benzene rings is 2. The smallest absolute Gasteiger partial charge is 0.256 e. The Morgan fingerprint density at radius 2 is 1.78 bits per heavy atom. The highest BCUT2D eigenvalue weighted by atomic mass is 35.5. The van der Waals surface area contributed by atoms with E-state index in [0.717, 1.165) is 16.8 Å². The van der Waals surface area contributed by atoms with E-state index in [2.05, 4.69) is 5.32 Å². The molecule has 4 nitrogen and oxygen atoms in total. The van der Waals surface area contributed by atoms with Gasteiger partial charge in [0, 0.05) is 10.7 Å². The molecule has 1 aliphatic heterocycles. The van der Waals surface area contributed by atoms with Crippen LogP contribution >= 0.6 is 11.6 Å². The molecule has 5 heteroatoms. The van der Waals surface area contributed by atoms with Crippen LogP contribution in [0.3, 0.4) is 0 Å². The second-order valence-corrected chi connectivity index (χ2v) is 6.13. The predicted molar refractivity (Wildman–Crippen MR) is 91.9 cm³/mol. The van der Waals surface area contributed by atoms with Crippen LogP contribution in [0.25, 0.3) is 0 Å². The fraction of sp³-hybridized carbons (Fsp3) is 0.222. The molecule has 1 heterocycles. The van der Waals surface area contributed by atoms with E-state index in [0.29, 0.717) is 10.7 Å². The molecular weight excluding hydrogens is 312 g/mol. The molecule has 0 unspecified atom stereocenters. The summed E-state index contributed by atoms with van der Waals surface area (Å²) in [6, 6.07) is 12.2. The molecule has 0 radical (unpaired) electrons. The van der Waals surface area contributed by atoms with E-state index < -0.39 is 6.04 Å². The zero-order chi connectivity index (χ0) is 16.6. The largest absolute Gasteiger partial charge is 0.373 e. The van der Waals surface area contributed by atoms with Gasteiger partial charge in [0.05, 0.1) is 12.1 Å². The quantitative estimate of drug-likeness (QED) is 0.874. The fourth-order valence-electron chi connectivity index (χ4n) is 2.72. The van der Waals surface area contributed by atoms with E-state index in [1.807, 2.05) is 32.0 Å². The Morgan fingerprint density at radius 1 is 1.09 bits per heavy atom. The molecule has 3 rings (SSSR count). The number of amides is 2. The number of hydrogen-bond donors (Lipinski definition) is 1. The summed E-state index contributed by atoms with van der Waals surface area (Å²) >= 11 is 5.86. The monoisotopic (exact) mass is 328 g/mol. The molecular formula is C18H17ClN2O2. The van der Waals surface area contributed by atoms with Gasteiger partial charge >= 0.3 is 0 Å². The molecule has 2 amide bonds. The number of carbonyl (C=O) groups excluding carboxylic acids is 2. The van der Waals surface area contributed by atoms with Crippen LogP contribution in [-0.2, 0) is 9.59 Å². The Kier molecular flexibility index (Phi) is 4.09. The SMILES string of the molecule is Cc1cccc(N2C(=O)C[C@H](Nc3ccc(Cl)cc3)C2=O)c1C. The first-order valence-corrected chi connectivity index (χ1v) is 7.80. The van der Waals surface area contributed by atoms with Crippen molar-refractivity contribution in [3.63, 3.8) is 0 Å². The third-order valence-electron chi connectivity index (χ3n) is 4.15. The molecule has 0 bridgehead atoms. The minimum atomic E-state index is -0.552. The number of hydrogen-bond acceptors (Lipinski definition) is 3. The molecule has 0 spiro atoms. The summed E-state index contributed by atoms with van der Waals surface area (Å²) in [6.45, 7) is 3.89. The summed E-state index contributed by atoms with van der Waals surface area (Å²) in [5.74, 6) is -0.409. The van der Waals surface area contributed by atoms with Crippen molar-refractivity contribution < 1.29 is 9.59 Å². The fourth-order valence-corrected chi connectivity index (χ4v) is 2.85. The Morgan fingerprint density at radius 3 is 2.48 bits per heavy atom. The lowest BCUT2D eigenvalue weighted by molar-refractivity contribution is -0.121. The van der Waals surface area contributed by atoms with Gasteiger partial charge in [-0.2, -0.15) is 0 Å². The number of imide groups is 1. The van der Waals surface area contributed by atoms with Crippen molar-refractivity contribution in [1.29, 1.82) is 0 Å². The molecule has 1 atom stereocenters. The van der Waals surface area contributed by atoms with E-state index in [1.165, 1.54) is 4.90 Å². The number of aryl methyl sites for hydroxylation is 1. The summed E-state index contributed by atoms with van der Waals surface area (Å²) in [7, 11) is 0. The lowest BCUT2D eigenvalue weighted by Gasteiger charge is -2.19. The minimum Gasteiger partial charge on any atom is -0.373 e. The van der Waals surface area contributed by atoms with Crippen LogP contribution in [0.15, 0.2) is 42.5 Å². The van der Waals surface area contributed by atoms with Gasteiger partial charge in [0.25, 0.3) is 5.91 Å². The van der Waals surface area contributed by atoms with Crippen LogP contribution in [0.5, 0.6) is 0 Å². The van der Waals surface area contributed by atoms with E-state index in [4.69, 9.17) is 11.6 Å². The van der Waals surface area contributed by atoms with Gasteiger partial charge in [0.2, 0.25) is 5.91 Å². The zero-order valence-electron chi connectivity index (χ0n) is 13.0. The van der Waals surface area contributed by atoms with Crippen molar-refractivity contribution in [2.75, 3.05) is 10.2 Å². The zero-order valence-corrected chi connectivity index (χ0v) is 13.7. The van der Waals surface area contributed by atoms with E-state index >= 15 is 0 Å². The molecule has 1 N–H and O–H groups in total. The normalized spacial score (nSPS) is 17.7. The molecule has 1 aliphatic rings. The molecule has 1 saturated heterocycles. The van der Waals surface area contributed by atoms with Gasteiger partial charge < -0.3 is 5.32 Å². The summed E-state index contributed by atoms with van der Waals surface area (Å²) in [6.07, 6.45) is 0.148. The van der Waals surface area contributed by atoms with E-state index in [-0.39, 0.29) is 18.2 Å². The van der Waals surface area contributed by atoms with Crippen LogP contribution < -0.4 is 10.2 Å². The summed E-state index contributed by atoms with van der Waals surface area (Å²) in [5.41, 5.74) is 3.43. The lowest BCUT2D eigenvalue weighted by Crippen LogP contribution is -2.35. The Hall–Kier alpha value is -2.33. The van der Waals surface area contributed by atoms with Crippen molar-refractivity contribution in [2.45, 2.75) is 26.3 Å². The average Bonchev–Trinajstić information content (AvgIpc) is 2.79. The summed E-state index contributed by atoms with van der Waals surface area (Å²) < 4.78 is 0. The van der Waals surface area contributed by atoms with Crippen molar-refractivity contribution in [3.05, 3.63) is 58.6 Å². The Labute approximate surface area is 140 Å². The third-order valence-corrected chi connectivity index (χ3v) is 4.40. The van der Waals surface area contributed by atoms with E-state index in [1.54, 1.807) is 24.3 Å². The molecule has 2 aromatic carbocycles. The molecule has 0 aliphatic carbocycles. The Balaban J connectivity index is 1.85. The van der Waals surface area contributed by atoms with Gasteiger partial charge in [-0.3, -0.25) is 9.59 Å². The molecule has 0 aromatic heterocycles. The highest BCUT2D eigenvalue weighted by Gasteiger charge is 2.40. The van der Waals surface area contributed by atoms with Crippen LogP contribution in [0.4, 0.5) is 11.4 Å². The van der Waals surface area contributed by atoms with Crippen LogP contribution in [-0.4, -0.2) is 17.9 Å². The van der Waals surface area contributed by atoms with Crippen molar-refractivity contribution in [2.24, 2.45) is 0 Å². The third kappa shape index (κ3) is 2.94. The topological polar surface area (TPSA) is 49.4 Å². The standard InChI is InChI=1S/C18H17ClN2O2/c1-11-4-3-5-16(12(11)2)21-17(22)10-15(18(21)23)20-14-8-6-13(19)7-9-14/h3-9,15,20H,10H2,1-2H3/t15-/m0/s1. The van der Waals surface area contributed by atoms with Gasteiger partial charge in [-0.25, -0.2) is 4.90 Å². The number of anilines is 2. The lowest BCUT2D eigenvalue weighted by atomic mass is 10.1. The van der Waals surface area contributed by atoms with Crippen LogP contribution in [0, 0.1) is 13.8 Å². The minimum absolute atomic E-state index is 0.148. The maximum absolute atomic E-state index is 12.7. The average molecular weight is 329 g/mol. The van der Waals surface area contributed by atoms with Gasteiger partial charge in [-0.05, 0) is 55.3 Å². The number of nitrogens with one attached hydrogen (secondary N) is 1. The molecule has 2 aromatic rings. The number of rotatable bonds is 3. The van der Waals surface area contributed by atoms with Crippen molar-refractivity contribution >= 4 is 34.8 Å². The molecule has 1 fully saturated rings. The maximum Gasteiger partial charge on any atom is 0.256 e. The molecule has 23 heavy (non-hydrogen) atoms. The first-order chi connectivity index (χ1) is 11.0. The van der Waals surface area contributed by atoms with Gasteiger partial charge in [0.1, 0.15) is 6.04 Å². The second-order valence-electron chi connectivity index (χ2n) is 5.69. The summed E-state index contributed by atoms with van der Waals surface area (Å²) in [5, 5.41) is 3.74. The number of halogens is 1. The maximum atomic E-state index is 12.7. The first kappa shape index (κ1) is 15.6. The van der Waals surface area contributed by atoms with Crippen molar-refractivity contribution in [1.82, 2.24) is 0 Å². The first-order valence-electron chi connectivity index (χ1n) is 7.42. The Bertz CT molecular complexity index is 771. The van der Waals surface area contributed by atoms with Crippen molar-refractivity contribution in [3.8, 4) is 0 Å². The second kappa shape index (κ2) is 6.05. The van der Waals surface area contributed by atoms with Crippen LogP contribution in [0.2, 0.25) is 5.02 Å². The predicted octanol–water partition coefficient (Wildman–Crippen LogP) is 3.70. The van der Waals surface area contributed by atoms with Crippen LogP contribution in [0.1, 0.15) is 17.5 Å². The highest BCUT2D eigenvalue weighted by molar-refractivity contribution is 6.30. The molecule has 118 valence electrons. The summed E-state index contributed by atoms with van der Waals surface area (Å²) in [4.78, 5) is 26.3. The number of nitrogens with zero attached hydrogens (tertiary/aromatic N) is 1.